The number of ether oxygens (including phenoxy) is 1. The summed E-state index contributed by atoms with van der Waals surface area (Å²) in [5, 5.41) is 3.84. The van der Waals surface area contributed by atoms with Crippen LogP contribution in [0.5, 0.6) is 5.75 Å². The fourth-order valence-electron chi connectivity index (χ4n) is 3.10. The summed E-state index contributed by atoms with van der Waals surface area (Å²) in [7, 11) is 1.43. The Hall–Kier alpha value is -3.36. The van der Waals surface area contributed by atoms with Crippen molar-refractivity contribution in [3.63, 3.8) is 0 Å². The summed E-state index contributed by atoms with van der Waals surface area (Å²) in [6.45, 7) is 4.15. The molecule has 1 amide bonds. The zero-order valence-electron chi connectivity index (χ0n) is 17.4. The van der Waals surface area contributed by atoms with Crippen LogP contribution >= 0.6 is 0 Å². The largest absolute Gasteiger partial charge is 0.484 e. The minimum Gasteiger partial charge on any atom is -0.484 e. The molecule has 31 heavy (non-hydrogen) atoms. The number of halogens is 3. The highest BCUT2D eigenvalue weighted by Gasteiger charge is 2.35. The number of carbonyl (C=O) groups is 1. The molecule has 6 nitrogen and oxygen atoms in total. The molecule has 0 saturated carbocycles. The lowest BCUT2D eigenvalue weighted by molar-refractivity contribution is -0.138. The summed E-state index contributed by atoms with van der Waals surface area (Å²) in [5.74, 6) is 0.564. The molecule has 1 heterocycles. The highest BCUT2D eigenvalue weighted by molar-refractivity contribution is 5.95. The fraction of sp³-hybridized carbons (Fsp3) is 0.318. The smallest absolute Gasteiger partial charge is 0.417 e. The zero-order valence-corrected chi connectivity index (χ0v) is 17.4. The Morgan fingerprint density at radius 1 is 1.13 bits per heavy atom. The number of nitrogens with zero attached hydrogens (tertiary/aromatic N) is 3. The Kier molecular flexibility index (Phi) is 6.62. The first-order chi connectivity index (χ1) is 14.6. The van der Waals surface area contributed by atoms with Crippen LogP contribution in [0.2, 0.25) is 0 Å². The van der Waals surface area contributed by atoms with Crippen LogP contribution in [0.3, 0.4) is 0 Å². The van der Waals surface area contributed by atoms with Crippen LogP contribution in [0.4, 0.5) is 13.2 Å². The number of carbonyl (C=O) groups excluding carboxylic acids is 1. The van der Waals surface area contributed by atoms with Gasteiger partial charge in [0.2, 0.25) is 0 Å². The maximum atomic E-state index is 13.2. The van der Waals surface area contributed by atoms with E-state index in [0.717, 1.165) is 17.2 Å². The molecule has 2 aromatic carbocycles. The molecule has 0 aliphatic carbocycles. The minimum absolute atomic E-state index is 0.0869. The van der Waals surface area contributed by atoms with E-state index in [1.54, 1.807) is 0 Å². The predicted octanol–water partition coefficient (Wildman–Crippen LogP) is 4.60. The van der Waals surface area contributed by atoms with Crippen LogP contribution in [0.25, 0.3) is 0 Å². The maximum absolute atomic E-state index is 13.2. The molecule has 0 N–H and O–H groups in total. The number of amides is 1. The van der Waals surface area contributed by atoms with Gasteiger partial charge >= 0.3 is 6.18 Å². The van der Waals surface area contributed by atoms with Gasteiger partial charge in [-0.3, -0.25) is 4.79 Å². The second-order valence-corrected chi connectivity index (χ2v) is 7.24. The minimum atomic E-state index is -4.61. The summed E-state index contributed by atoms with van der Waals surface area (Å²) in [6, 6.07) is 10.5. The van der Waals surface area contributed by atoms with Gasteiger partial charge in [-0.1, -0.05) is 23.4 Å². The van der Waals surface area contributed by atoms with E-state index in [-0.39, 0.29) is 25.5 Å². The molecule has 0 atom stereocenters. The standard InChI is InChI=1S/C22H22F3N3O3/c1-14-10-15(2)12-16(11-14)30-13-20-26-19(27-31-20)8-9-28(3)21(29)17-6-4-5-7-18(17)22(23,24)25/h4-7,10-12H,8-9,13H2,1-3H3. The van der Waals surface area contributed by atoms with E-state index >= 15 is 0 Å². The van der Waals surface area contributed by atoms with Crippen LogP contribution in [0.1, 0.15) is 38.8 Å². The Labute approximate surface area is 177 Å². The van der Waals surface area contributed by atoms with E-state index in [9.17, 15) is 18.0 Å². The van der Waals surface area contributed by atoms with E-state index in [0.29, 0.717) is 11.6 Å². The average Bonchev–Trinajstić information content (AvgIpc) is 3.16. The van der Waals surface area contributed by atoms with Gasteiger partial charge in [0.25, 0.3) is 11.8 Å². The number of benzene rings is 2. The molecule has 164 valence electrons. The highest BCUT2D eigenvalue weighted by atomic mass is 19.4. The van der Waals surface area contributed by atoms with Gasteiger partial charge in [-0.25, -0.2) is 0 Å². The van der Waals surface area contributed by atoms with Crippen molar-refractivity contribution in [2.24, 2.45) is 0 Å². The van der Waals surface area contributed by atoms with Gasteiger partial charge in [0.15, 0.2) is 12.4 Å². The van der Waals surface area contributed by atoms with Crippen molar-refractivity contribution in [3.05, 3.63) is 76.4 Å². The number of aromatic nitrogens is 2. The lowest BCUT2D eigenvalue weighted by Gasteiger charge is -2.19. The maximum Gasteiger partial charge on any atom is 0.417 e. The van der Waals surface area contributed by atoms with Crippen molar-refractivity contribution >= 4 is 5.91 Å². The van der Waals surface area contributed by atoms with Crippen molar-refractivity contribution in [2.75, 3.05) is 13.6 Å². The van der Waals surface area contributed by atoms with E-state index in [1.807, 2.05) is 32.0 Å². The first kappa shape index (κ1) is 22.3. The average molecular weight is 433 g/mol. The Balaban J connectivity index is 1.57. The van der Waals surface area contributed by atoms with Crippen molar-refractivity contribution in [2.45, 2.75) is 33.1 Å². The van der Waals surface area contributed by atoms with Crippen molar-refractivity contribution in [1.29, 1.82) is 0 Å². The molecule has 3 aromatic rings. The summed E-state index contributed by atoms with van der Waals surface area (Å²) in [5.41, 5.74) is 0.785. The van der Waals surface area contributed by atoms with Gasteiger partial charge in [-0.05, 0) is 49.2 Å². The van der Waals surface area contributed by atoms with Crippen LogP contribution in [-0.2, 0) is 19.2 Å². The van der Waals surface area contributed by atoms with Crippen LogP contribution in [-0.4, -0.2) is 34.5 Å². The van der Waals surface area contributed by atoms with Gasteiger partial charge < -0.3 is 14.2 Å². The van der Waals surface area contributed by atoms with E-state index in [1.165, 1.54) is 30.1 Å². The van der Waals surface area contributed by atoms with Gasteiger partial charge in [0.1, 0.15) is 5.75 Å². The molecule has 1 aromatic heterocycles. The van der Waals surface area contributed by atoms with Gasteiger partial charge in [0.05, 0.1) is 11.1 Å². The Bertz CT molecular complexity index is 1040. The molecule has 0 saturated heterocycles. The van der Waals surface area contributed by atoms with Crippen LogP contribution in [0, 0.1) is 13.8 Å². The van der Waals surface area contributed by atoms with Crippen molar-refractivity contribution < 1.29 is 27.2 Å². The molecular formula is C22H22F3N3O3. The number of hydrogen-bond donors (Lipinski definition) is 0. The first-order valence-electron chi connectivity index (χ1n) is 9.57. The van der Waals surface area contributed by atoms with Gasteiger partial charge in [-0.15, -0.1) is 0 Å². The third kappa shape index (κ3) is 5.84. The normalized spacial score (nSPS) is 11.4. The number of likely N-dealkylation sites (N-methyl/N-ethyl adjacent to an activating group) is 1. The lowest BCUT2D eigenvalue weighted by atomic mass is 10.1. The van der Waals surface area contributed by atoms with Gasteiger partial charge in [0, 0.05) is 20.0 Å². The topological polar surface area (TPSA) is 68.5 Å². The highest BCUT2D eigenvalue weighted by Crippen LogP contribution is 2.32. The van der Waals surface area contributed by atoms with Crippen molar-refractivity contribution in [3.8, 4) is 5.75 Å². The molecule has 0 spiro atoms. The van der Waals surface area contributed by atoms with E-state index < -0.39 is 23.2 Å². The molecule has 0 fully saturated rings. The third-order valence-corrected chi connectivity index (χ3v) is 4.55. The molecule has 0 bridgehead atoms. The summed E-state index contributed by atoms with van der Waals surface area (Å²) >= 11 is 0. The van der Waals surface area contributed by atoms with Crippen molar-refractivity contribution in [1.82, 2.24) is 15.0 Å². The molecule has 0 radical (unpaired) electrons. The fourth-order valence-corrected chi connectivity index (χ4v) is 3.10. The summed E-state index contributed by atoms with van der Waals surface area (Å²) in [4.78, 5) is 17.9. The van der Waals surface area contributed by atoms with Crippen LogP contribution < -0.4 is 4.74 Å². The van der Waals surface area contributed by atoms with E-state index in [4.69, 9.17) is 9.26 Å². The third-order valence-electron chi connectivity index (χ3n) is 4.55. The molecular weight excluding hydrogens is 411 g/mol. The number of rotatable bonds is 7. The summed E-state index contributed by atoms with van der Waals surface area (Å²) < 4.78 is 50.3. The molecule has 3 rings (SSSR count). The zero-order chi connectivity index (χ0) is 22.6. The lowest BCUT2D eigenvalue weighted by Crippen LogP contribution is -2.30. The quantitative estimate of drug-likeness (QED) is 0.545. The van der Waals surface area contributed by atoms with Crippen LogP contribution in [0.15, 0.2) is 47.0 Å². The Morgan fingerprint density at radius 2 is 1.81 bits per heavy atom. The first-order valence-corrected chi connectivity index (χ1v) is 9.57. The SMILES string of the molecule is Cc1cc(C)cc(OCc2nc(CCN(C)C(=O)c3ccccc3C(F)(F)F)no2)c1. The summed E-state index contributed by atoms with van der Waals surface area (Å²) in [6.07, 6.45) is -4.38. The molecule has 0 aliphatic rings. The molecule has 0 unspecified atom stereocenters. The second-order valence-electron chi connectivity index (χ2n) is 7.24. The monoisotopic (exact) mass is 433 g/mol. The Morgan fingerprint density at radius 3 is 2.48 bits per heavy atom. The van der Waals surface area contributed by atoms with E-state index in [2.05, 4.69) is 10.1 Å². The number of alkyl halides is 3. The second kappa shape index (κ2) is 9.20. The predicted molar refractivity (Wildman–Crippen MR) is 107 cm³/mol. The number of hydrogen-bond acceptors (Lipinski definition) is 5. The number of aryl methyl sites for hydroxylation is 2. The van der Waals surface area contributed by atoms with Gasteiger partial charge in [-0.2, -0.15) is 18.2 Å². The molecule has 0 aliphatic heterocycles. The molecule has 9 heteroatoms.